The average Bonchev–Trinajstić information content (AvgIpc) is 3.08. The predicted molar refractivity (Wildman–Crippen MR) is 96.5 cm³/mol. The zero-order valence-corrected chi connectivity index (χ0v) is 15.0. The first-order chi connectivity index (χ1) is 11.9. The summed E-state index contributed by atoms with van der Waals surface area (Å²) in [5.41, 5.74) is 3.43. The van der Waals surface area contributed by atoms with E-state index in [1.54, 1.807) is 25.1 Å². The van der Waals surface area contributed by atoms with Gasteiger partial charge in [-0.3, -0.25) is 4.79 Å². The Morgan fingerprint density at radius 2 is 1.88 bits per heavy atom. The number of hydrogen-bond donors (Lipinski definition) is 1. The fraction of sp³-hybridized carbons (Fsp3) is 0.211. The van der Waals surface area contributed by atoms with E-state index in [9.17, 15) is 4.79 Å². The van der Waals surface area contributed by atoms with E-state index in [2.05, 4.69) is 15.5 Å². The summed E-state index contributed by atoms with van der Waals surface area (Å²) in [6.07, 6.45) is 0. The zero-order chi connectivity index (χ0) is 18.0. The smallest absolute Gasteiger partial charge is 0.251 e. The molecule has 0 saturated carbocycles. The van der Waals surface area contributed by atoms with E-state index in [0.717, 1.165) is 16.7 Å². The van der Waals surface area contributed by atoms with Crippen LogP contribution in [0.5, 0.6) is 0 Å². The molecule has 1 heterocycles. The van der Waals surface area contributed by atoms with Crippen LogP contribution in [-0.4, -0.2) is 16.0 Å². The Balaban J connectivity index is 1.74. The number of benzene rings is 2. The van der Waals surface area contributed by atoms with Crippen molar-refractivity contribution in [1.82, 2.24) is 15.5 Å². The Morgan fingerprint density at radius 3 is 2.56 bits per heavy atom. The fourth-order valence-electron chi connectivity index (χ4n) is 2.31. The van der Waals surface area contributed by atoms with Crippen molar-refractivity contribution in [3.8, 4) is 11.4 Å². The van der Waals surface area contributed by atoms with Gasteiger partial charge < -0.3 is 9.84 Å². The third-order valence-electron chi connectivity index (χ3n) is 3.90. The van der Waals surface area contributed by atoms with Crippen molar-refractivity contribution in [2.75, 3.05) is 0 Å². The van der Waals surface area contributed by atoms with Crippen LogP contribution in [0.2, 0.25) is 5.02 Å². The molecule has 5 nitrogen and oxygen atoms in total. The molecule has 0 aliphatic rings. The zero-order valence-electron chi connectivity index (χ0n) is 14.2. The first-order valence-corrected chi connectivity index (χ1v) is 8.29. The first kappa shape index (κ1) is 17.2. The van der Waals surface area contributed by atoms with E-state index in [1.807, 2.05) is 38.1 Å². The van der Waals surface area contributed by atoms with Gasteiger partial charge in [0.1, 0.15) is 6.04 Å². The van der Waals surface area contributed by atoms with Gasteiger partial charge in [0.15, 0.2) is 0 Å². The number of rotatable bonds is 4. The summed E-state index contributed by atoms with van der Waals surface area (Å²) < 4.78 is 5.29. The number of halogens is 1. The van der Waals surface area contributed by atoms with Gasteiger partial charge in [-0.15, -0.1) is 0 Å². The van der Waals surface area contributed by atoms with E-state index >= 15 is 0 Å². The van der Waals surface area contributed by atoms with E-state index in [-0.39, 0.29) is 5.91 Å². The third-order valence-corrected chi connectivity index (χ3v) is 4.31. The molecule has 0 spiro atoms. The second-order valence-corrected chi connectivity index (χ2v) is 6.39. The highest BCUT2D eigenvalue weighted by atomic mass is 35.5. The molecule has 1 aromatic heterocycles. The van der Waals surface area contributed by atoms with Crippen LogP contribution >= 0.6 is 11.6 Å². The molecule has 0 saturated heterocycles. The van der Waals surface area contributed by atoms with Gasteiger partial charge in [0, 0.05) is 16.1 Å². The maximum absolute atomic E-state index is 12.3. The lowest BCUT2D eigenvalue weighted by Crippen LogP contribution is -2.26. The molecular formula is C19H18ClN3O2. The van der Waals surface area contributed by atoms with Crippen molar-refractivity contribution in [3.63, 3.8) is 0 Å². The lowest BCUT2D eigenvalue weighted by atomic mass is 10.1. The summed E-state index contributed by atoms with van der Waals surface area (Å²) in [7, 11) is 0. The van der Waals surface area contributed by atoms with Crippen molar-refractivity contribution in [1.29, 1.82) is 0 Å². The Bertz CT molecular complexity index is 903. The van der Waals surface area contributed by atoms with Crippen molar-refractivity contribution in [2.24, 2.45) is 0 Å². The van der Waals surface area contributed by atoms with Crippen LogP contribution in [0.4, 0.5) is 0 Å². The lowest BCUT2D eigenvalue weighted by molar-refractivity contribution is 0.0932. The fourth-order valence-corrected chi connectivity index (χ4v) is 2.49. The number of hydrogen-bond acceptors (Lipinski definition) is 4. The summed E-state index contributed by atoms with van der Waals surface area (Å²) in [6.45, 7) is 5.70. The molecule has 2 aromatic carbocycles. The number of amides is 1. The maximum Gasteiger partial charge on any atom is 0.251 e. The second kappa shape index (κ2) is 7.07. The molecular weight excluding hydrogens is 338 g/mol. The van der Waals surface area contributed by atoms with Crippen LogP contribution in [0, 0.1) is 13.8 Å². The summed E-state index contributed by atoms with van der Waals surface area (Å²) >= 11 is 6.14. The van der Waals surface area contributed by atoms with Gasteiger partial charge in [-0.2, -0.15) is 4.98 Å². The summed E-state index contributed by atoms with van der Waals surface area (Å²) in [5, 5.41) is 7.47. The minimum Gasteiger partial charge on any atom is -0.341 e. The lowest BCUT2D eigenvalue weighted by Gasteiger charge is -2.09. The maximum atomic E-state index is 12.3. The van der Waals surface area contributed by atoms with Crippen LogP contribution in [0.25, 0.3) is 11.4 Å². The van der Waals surface area contributed by atoms with E-state index in [1.165, 1.54) is 0 Å². The first-order valence-electron chi connectivity index (χ1n) is 7.91. The summed E-state index contributed by atoms with van der Waals surface area (Å²) in [5.74, 6) is 0.589. The predicted octanol–water partition coefficient (Wildman–Crippen LogP) is 4.50. The molecule has 25 heavy (non-hydrogen) atoms. The Labute approximate surface area is 151 Å². The highest BCUT2D eigenvalue weighted by Crippen LogP contribution is 2.24. The molecule has 0 aliphatic carbocycles. The van der Waals surface area contributed by atoms with Gasteiger partial charge in [-0.05, 0) is 44.5 Å². The number of aromatic nitrogens is 2. The minimum atomic E-state index is -0.407. The van der Waals surface area contributed by atoms with E-state index in [0.29, 0.717) is 22.3 Å². The van der Waals surface area contributed by atoms with Crippen molar-refractivity contribution >= 4 is 17.5 Å². The third kappa shape index (κ3) is 3.88. The van der Waals surface area contributed by atoms with Crippen LogP contribution in [-0.2, 0) is 0 Å². The Morgan fingerprint density at radius 1 is 1.16 bits per heavy atom. The Kier molecular flexibility index (Phi) is 4.86. The number of aryl methyl sites for hydroxylation is 2. The minimum absolute atomic E-state index is 0.189. The topological polar surface area (TPSA) is 68.0 Å². The standard InChI is InChI=1S/C19H18ClN3O2/c1-11-4-7-14(8-5-11)18(24)21-13(3)19-22-17(23-25-19)15-9-6-12(2)16(20)10-15/h4-10,13H,1-3H3,(H,21,24)/t13-/m1/s1. The number of carbonyl (C=O) groups excluding carboxylic acids is 1. The summed E-state index contributed by atoms with van der Waals surface area (Å²) in [4.78, 5) is 16.6. The SMILES string of the molecule is Cc1ccc(C(=O)N[C@H](C)c2nc(-c3ccc(C)c(Cl)c3)no2)cc1. The average molecular weight is 356 g/mol. The van der Waals surface area contributed by atoms with E-state index in [4.69, 9.17) is 16.1 Å². The van der Waals surface area contributed by atoms with Gasteiger partial charge in [-0.1, -0.05) is 46.6 Å². The molecule has 128 valence electrons. The normalized spacial score (nSPS) is 12.0. The second-order valence-electron chi connectivity index (χ2n) is 5.98. The molecule has 3 aromatic rings. The molecule has 0 unspecified atom stereocenters. The number of nitrogens with one attached hydrogen (secondary N) is 1. The van der Waals surface area contributed by atoms with Crippen LogP contribution in [0.15, 0.2) is 47.0 Å². The van der Waals surface area contributed by atoms with Crippen molar-refractivity contribution in [2.45, 2.75) is 26.8 Å². The van der Waals surface area contributed by atoms with Crippen LogP contribution in [0.3, 0.4) is 0 Å². The molecule has 3 rings (SSSR count). The monoisotopic (exact) mass is 355 g/mol. The van der Waals surface area contributed by atoms with Crippen molar-refractivity contribution < 1.29 is 9.32 Å². The van der Waals surface area contributed by atoms with Crippen LogP contribution in [0.1, 0.15) is 40.3 Å². The molecule has 1 atom stereocenters. The van der Waals surface area contributed by atoms with Gasteiger partial charge in [0.05, 0.1) is 0 Å². The quantitative estimate of drug-likeness (QED) is 0.748. The van der Waals surface area contributed by atoms with E-state index < -0.39 is 6.04 Å². The molecule has 0 bridgehead atoms. The number of nitrogens with zero attached hydrogens (tertiary/aromatic N) is 2. The van der Waals surface area contributed by atoms with Gasteiger partial charge >= 0.3 is 0 Å². The molecule has 6 heteroatoms. The molecule has 0 aliphatic heterocycles. The largest absolute Gasteiger partial charge is 0.341 e. The Hall–Kier alpha value is -2.66. The van der Waals surface area contributed by atoms with Gasteiger partial charge in [-0.25, -0.2) is 0 Å². The molecule has 0 radical (unpaired) electrons. The van der Waals surface area contributed by atoms with Gasteiger partial charge in [0.25, 0.3) is 5.91 Å². The highest BCUT2D eigenvalue weighted by Gasteiger charge is 2.18. The van der Waals surface area contributed by atoms with Crippen molar-refractivity contribution in [3.05, 3.63) is 70.1 Å². The summed E-state index contributed by atoms with van der Waals surface area (Å²) in [6, 6.07) is 12.5. The molecule has 1 amide bonds. The molecule has 0 fully saturated rings. The van der Waals surface area contributed by atoms with Gasteiger partial charge in [0.2, 0.25) is 11.7 Å². The number of carbonyl (C=O) groups is 1. The highest BCUT2D eigenvalue weighted by molar-refractivity contribution is 6.31. The molecule has 1 N–H and O–H groups in total. The van der Waals surface area contributed by atoms with Crippen LogP contribution < -0.4 is 5.32 Å².